The summed E-state index contributed by atoms with van der Waals surface area (Å²) in [4.78, 5) is 13.1. The second-order valence-corrected chi connectivity index (χ2v) is 7.01. The smallest absolute Gasteiger partial charge is 0.353 e. The molecule has 0 spiro atoms. The number of carbonyl (C=O) groups is 1. The molecule has 3 aromatic rings. The molecule has 3 nitrogen and oxygen atoms in total. The first-order valence-corrected chi connectivity index (χ1v) is 9.40. The minimum atomic E-state index is -0.725. The van der Waals surface area contributed by atoms with Gasteiger partial charge in [-0.2, -0.15) is 0 Å². The van der Waals surface area contributed by atoms with E-state index >= 15 is 0 Å². The number of rotatable bonds is 4. The van der Waals surface area contributed by atoms with Crippen LogP contribution in [0.4, 0.5) is 0 Å². The Morgan fingerprint density at radius 1 is 0.821 bits per heavy atom. The zero-order valence-electron chi connectivity index (χ0n) is 16.0. The molecule has 0 N–H and O–H groups in total. The molecule has 28 heavy (non-hydrogen) atoms. The average Bonchev–Trinajstić information content (AvgIpc) is 3.18. The maximum absolute atomic E-state index is 13.1. The Balaban J connectivity index is 1.66. The van der Waals surface area contributed by atoms with Gasteiger partial charge in [-0.3, -0.25) is 0 Å². The van der Waals surface area contributed by atoms with Gasteiger partial charge in [0.1, 0.15) is 11.5 Å². The highest BCUT2D eigenvalue weighted by atomic mass is 16.6. The molecule has 0 aromatic heterocycles. The normalized spacial score (nSPS) is 18.3. The Labute approximate surface area is 165 Å². The van der Waals surface area contributed by atoms with Crippen LogP contribution in [0.25, 0.3) is 5.76 Å². The van der Waals surface area contributed by atoms with Crippen molar-refractivity contribution in [1.29, 1.82) is 0 Å². The largest absolute Gasteiger partial charge is 0.477 e. The molecule has 1 aliphatic rings. The van der Waals surface area contributed by atoms with Crippen LogP contribution in [0.3, 0.4) is 0 Å². The molecule has 4 rings (SSSR count). The number of aryl methyl sites for hydroxylation is 2. The lowest BCUT2D eigenvalue weighted by molar-refractivity contribution is -0.143. The summed E-state index contributed by atoms with van der Waals surface area (Å²) in [7, 11) is 0. The molecule has 2 atom stereocenters. The Morgan fingerprint density at radius 3 is 2.07 bits per heavy atom. The summed E-state index contributed by atoms with van der Waals surface area (Å²) in [6, 6.07) is 25.6. The van der Waals surface area contributed by atoms with E-state index < -0.39 is 6.10 Å². The molecule has 140 valence electrons. The van der Waals surface area contributed by atoms with Gasteiger partial charge in [-0.1, -0.05) is 78.9 Å². The van der Waals surface area contributed by atoms with Crippen molar-refractivity contribution in [1.82, 2.24) is 0 Å². The van der Waals surface area contributed by atoms with Gasteiger partial charge in [-0.25, -0.2) is 4.79 Å². The van der Waals surface area contributed by atoms with Gasteiger partial charge in [0.05, 0.1) is 5.92 Å². The third-order valence-electron chi connectivity index (χ3n) is 5.00. The van der Waals surface area contributed by atoms with Crippen LogP contribution < -0.4 is 4.74 Å². The van der Waals surface area contributed by atoms with Crippen LogP contribution in [0.1, 0.15) is 28.2 Å². The fourth-order valence-corrected chi connectivity index (χ4v) is 3.53. The first-order valence-electron chi connectivity index (χ1n) is 9.40. The molecule has 0 saturated heterocycles. The molecule has 3 heteroatoms. The maximum atomic E-state index is 13.1. The van der Waals surface area contributed by atoms with Crippen LogP contribution in [0.15, 0.2) is 84.9 Å². The molecule has 0 bridgehead atoms. The van der Waals surface area contributed by atoms with Gasteiger partial charge in [-0.15, -0.1) is 0 Å². The highest BCUT2D eigenvalue weighted by Crippen LogP contribution is 2.38. The minimum absolute atomic E-state index is 0.201. The van der Waals surface area contributed by atoms with Crippen molar-refractivity contribution in [2.24, 2.45) is 0 Å². The summed E-state index contributed by atoms with van der Waals surface area (Å²) in [6.45, 7) is 3.88. The van der Waals surface area contributed by atoms with E-state index in [1.165, 1.54) is 0 Å². The average molecular weight is 370 g/mol. The van der Waals surface area contributed by atoms with Crippen molar-refractivity contribution in [3.8, 4) is 5.75 Å². The summed E-state index contributed by atoms with van der Waals surface area (Å²) in [6.07, 6.45) is 1.29. The zero-order chi connectivity index (χ0) is 19.5. The van der Waals surface area contributed by atoms with E-state index in [4.69, 9.17) is 9.47 Å². The lowest BCUT2D eigenvalue weighted by atomic mass is 9.94. The van der Waals surface area contributed by atoms with Crippen molar-refractivity contribution in [2.45, 2.75) is 25.9 Å². The number of ether oxygens (including phenoxy) is 2. The van der Waals surface area contributed by atoms with E-state index in [2.05, 4.69) is 0 Å². The summed E-state index contributed by atoms with van der Waals surface area (Å²) in [5, 5.41) is 0. The Bertz CT molecular complexity index is 986. The van der Waals surface area contributed by atoms with Crippen LogP contribution in [0, 0.1) is 13.8 Å². The SMILES string of the molecule is Cc1cccc(C)c1OC(=O)[C@@H]1OC(c2ccccc2)=C[C@H]1c1ccccc1. The van der Waals surface area contributed by atoms with Gasteiger partial charge >= 0.3 is 5.97 Å². The standard InChI is InChI=1S/C25H22O3/c1-17-10-9-11-18(2)23(17)28-25(26)24-21(19-12-5-3-6-13-19)16-22(27-24)20-14-7-4-8-15-20/h3-16,21,24H,1-2H3/t21-,24+/m0/s1. The fourth-order valence-electron chi connectivity index (χ4n) is 3.53. The predicted octanol–water partition coefficient (Wildman–Crippen LogP) is 5.43. The van der Waals surface area contributed by atoms with Crippen LogP contribution in [0.5, 0.6) is 5.75 Å². The van der Waals surface area contributed by atoms with Crippen molar-refractivity contribution in [3.63, 3.8) is 0 Å². The lowest BCUT2D eigenvalue weighted by Gasteiger charge is -2.20. The fraction of sp³-hybridized carbons (Fsp3) is 0.160. The third kappa shape index (κ3) is 3.56. The summed E-state index contributed by atoms with van der Waals surface area (Å²) in [5.41, 5.74) is 3.83. The number of hydrogen-bond acceptors (Lipinski definition) is 3. The van der Waals surface area contributed by atoms with E-state index in [1.54, 1.807) is 0 Å². The number of benzene rings is 3. The molecule has 0 amide bonds. The zero-order valence-corrected chi connectivity index (χ0v) is 16.0. The Kier molecular flexibility index (Phi) is 4.98. The monoisotopic (exact) mass is 370 g/mol. The van der Waals surface area contributed by atoms with Gasteiger partial charge < -0.3 is 9.47 Å². The summed E-state index contributed by atoms with van der Waals surface area (Å²) < 4.78 is 11.9. The highest BCUT2D eigenvalue weighted by Gasteiger charge is 2.38. The predicted molar refractivity (Wildman–Crippen MR) is 110 cm³/mol. The van der Waals surface area contributed by atoms with Gasteiger partial charge in [0.25, 0.3) is 0 Å². The van der Waals surface area contributed by atoms with E-state index in [0.29, 0.717) is 11.5 Å². The van der Waals surface area contributed by atoms with Crippen molar-refractivity contribution >= 4 is 11.7 Å². The lowest BCUT2D eigenvalue weighted by Crippen LogP contribution is -2.30. The molecule has 1 aliphatic heterocycles. The summed E-state index contributed by atoms with van der Waals surface area (Å²) in [5.74, 6) is 0.732. The van der Waals surface area contributed by atoms with E-state index in [9.17, 15) is 4.79 Å². The van der Waals surface area contributed by atoms with E-state index in [1.807, 2.05) is 98.8 Å². The molecular weight excluding hydrogens is 348 g/mol. The second-order valence-electron chi connectivity index (χ2n) is 7.01. The molecule has 0 saturated carbocycles. The molecule has 0 fully saturated rings. The molecule has 1 heterocycles. The topological polar surface area (TPSA) is 35.5 Å². The number of hydrogen-bond donors (Lipinski definition) is 0. The van der Waals surface area contributed by atoms with E-state index in [-0.39, 0.29) is 11.9 Å². The van der Waals surface area contributed by atoms with Gasteiger partial charge in [-0.05, 0) is 36.6 Å². The molecule has 3 aromatic carbocycles. The van der Waals surface area contributed by atoms with Crippen molar-refractivity contribution < 1.29 is 14.3 Å². The third-order valence-corrected chi connectivity index (χ3v) is 5.00. The van der Waals surface area contributed by atoms with Crippen LogP contribution in [-0.2, 0) is 9.53 Å². The number of para-hydroxylation sites is 1. The van der Waals surface area contributed by atoms with Crippen LogP contribution >= 0.6 is 0 Å². The van der Waals surface area contributed by atoms with Gasteiger partial charge in [0.15, 0.2) is 0 Å². The number of esters is 1. The quantitative estimate of drug-likeness (QED) is 0.454. The van der Waals surface area contributed by atoms with Gasteiger partial charge in [0.2, 0.25) is 6.10 Å². The second kappa shape index (κ2) is 7.73. The Morgan fingerprint density at radius 2 is 1.43 bits per heavy atom. The Hall–Kier alpha value is -3.33. The van der Waals surface area contributed by atoms with Crippen molar-refractivity contribution in [2.75, 3.05) is 0 Å². The number of carbonyl (C=O) groups excluding carboxylic acids is 1. The minimum Gasteiger partial charge on any atom is -0.477 e. The summed E-state index contributed by atoms with van der Waals surface area (Å²) >= 11 is 0. The first kappa shape index (κ1) is 18.1. The first-order chi connectivity index (χ1) is 13.6. The van der Waals surface area contributed by atoms with Crippen LogP contribution in [-0.4, -0.2) is 12.1 Å². The molecule has 0 unspecified atom stereocenters. The molecule has 0 aliphatic carbocycles. The van der Waals surface area contributed by atoms with Crippen LogP contribution in [0.2, 0.25) is 0 Å². The van der Waals surface area contributed by atoms with Crippen molar-refractivity contribution in [3.05, 3.63) is 107 Å². The molecular formula is C25H22O3. The highest BCUT2D eigenvalue weighted by molar-refractivity contribution is 5.83. The molecule has 0 radical (unpaired) electrons. The van der Waals surface area contributed by atoms with E-state index in [0.717, 1.165) is 22.3 Å². The van der Waals surface area contributed by atoms with Gasteiger partial charge in [0, 0.05) is 5.56 Å². The maximum Gasteiger partial charge on any atom is 0.353 e.